The van der Waals surface area contributed by atoms with Crippen LogP contribution in [-0.2, 0) is 16.1 Å². The molecule has 1 unspecified atom stereocenters. The van der Waals surface area contributed by atoms with Gasteiger partial charge in [-0.15, -0.1) is 0 Å². The number of hydrogen-bond acceptors (Lipinski definition) is 7. The fraction of sp³-hybridized carbons (Fsp3) is 0.167. The van der Waals surface area contributed by atoms with E-state index in [0.717, 1.165) is 5.56 Å². The van der Waals surface area contributed by atoms with Crippen molar-refractivity contribution in [2.24, 2.45) is 0 Å². The van der Waals surface area contributed by atoms with Gasteiger partial charge in [0.1, 0.15) is 23.3 Å². The van der Waals surface area contributed by atoms with Gasteiger partial charge in [-0.25, -0.2) is 0 Å². The van der Waals surface area contributed by atoms with Gasteiger partial charge >= 0.3 is 0 Å². The molecule has 1 saturated heterocycles. The number of rotatable bonds is 5. The van der Waals surface area contributed by atoms with Crippen molar-refractivity contribution in [2.75, 3.05) is 13.9 Å². The highest BCUT2D eigenvalue weighted by molar-refractivity contribution is 6.46. The zero-order chi connectivity index (χ0) is 23.1. The molecule has 0 spiro atoms. The van der Waals surface area contributed by atoms with Crippen molar-refractivity contribution in [3.8, 4) is 17.2 Å². The number of furan rings is 1. The number of methoxy groups -OCH3 is 1. The molecule has 5 rings (SSSR count). The molecular weight excluding hydrogens is 450 g/mol. The molecular formula is C24H18ClNO7. The minimum atomic E-state index is -0.925. The summed E-state index contributed by atoms with van der Waals surface area (Å²) in [6.45, 7) is 0.215. The molecule has 1 amide bonds. The second kappa shape index (κ2) is 8.22. The van der Waals surface area contributed by atoms with Crippen LogP contribution >= 0.6 is 11.6 Å². The zero-order valence-electron chi connectivity index (χ0n) is 17.4. The lowest BCUT2D eigenvalue weighted by Gasteiger charge is -2.23. The predicted molar refractivity (Wildman–Crippen MR) is 117 cm³/mol. The van der Waals surface area contributed by atoms with E-state index in [1.165, 1.54) is 24.3 Å². The van der Waals surface area contributed by atoms with Crippen LogP contribution < -0.4 is 14.2 Å². The maximum Gasteiger partial charge on any atom is 0.296 e. The van der Waals surface area contributed by atoms with Gasteiger partial charge in [-0.05, 0) is 48.0 Å². The minimum Gasteiger partial charge on any atom is -0.507 e. The second-order valence-electron chi connectivity index (χ2n) is 7.48. The van der Waals surface area contributed by atoms with E-state index in [1.54, 1.807) is 42.5 Å². The van der Waals surface area contributed by atoms with Crippen LogP contribution in [0.5, 0.6) is 17.2 Å². The van der Waals surface area contributed by atoms with Crippen molar-refractivity contribution in [1.82, 2.24) is 4.90 Å². The maximum absolute atomic E-state index is 13.1. The minimum absolute atomic E-state index is 0.0862. The number of fused-ring (bicyclic) bond motifs is 1. The van der Waals surface area contributed by atoms with Crippen LogP contribution in [0.25, 0.3) is 5.76 Å². The van der Waals surface area contributed by atoms with Crippen molar-refractivity contribution >= 4 is 29.1 Å². The van der Waals surface area contributed by atoms with Gasteiger partial charge in [0.25, 0.3) is 11.7 Å². The Morgan fingerprint density at radius 1 is 1.15 bits per heavy atom. The molecule has 8 nitrogen and oxygen atoms in total. The van der Waals surface area contributed by atoms with E-state index in [4.69, 9.17) is 30.2 Å². The van der Waals surface area contributed by atoms with Gasteiger partial charge < -0.3 is 28.6 Å². The topological polar surface area (TPSA) is 98.4 Å². The number of amides is 1. The SMILES string of the molecule is COc1ccc(/C(O)=C2/C(=O)C(=O)N(Cc3ccc4c(c3)OCO4)C2c2ccco2)cc1Cl. The summed E-state index contributed by atoms with van der Waals surface area (Å²) in [5.74, 6) is 0.00532. The molecule has 0 bridgehead atoms. The van der Waals surface area contributed by atoms with E-state index in [-0.39, 0.29) is 35.3 Å². The van der Waals surface area contributed by atoms with Crippen LogP contribution in [0.3, 0.4) is 0 Å². The molecule has 3 aromatic rings. The summed E-state index contributed by atoms with van der Waals surface area (Å²) in [7, 11) is 1.47. The number of nitrogens with zero attached hydrogens (tertiary/aromatic N) is 1. The summed E-state index contributed by atoms with van der Waals surface area (Å²) in [6.07, 6.45) is 1.44. The van der Waals surface area contributed by atoms with E-state index in [0.29, 0.717) is 23.0 Å². The van der Waals surface area contributed by atoms with Gasteiger partial charge in [-0.1, -0.05) is 17.7 Å². The third kappa shape index (κ3) is 3.58. The standard InChI is InChI=1S/C24H18ClNO7/c1-30-16-7-5-14(10-15(16)25)22(27)20-21(18-3-2-8-31-18)26(24(29)23(20)28)11-13-4-6-17-19(9-13)33-12-32-17/h2-10,21,27H,11-12H2,1H3/b22-20-. The molecule has 0 aliphatic carbocycles. The van der Waals surface area contributed by atoms with Crippen LogP contribution in [0, 0.1) is 0 Å². The number of Topliss-reactive ketones (excluding diaryl/α,β-unsaturated/α-hetero) is 1. The van der Waals surface area contributed by atoms with Crippen molar-refractivity contribution in [3.05, 3.63) is 82.3 Å². The Kier molecular flexibility index (Phi) is 5.22. The van der Waals surface area contributed by atoms with Crippen molar-refractivity contribution in [1.29, 1.82) is 0 Å². The number of carbonyl (C=O) groups is 2. The highest BCUT2D eigenvalue weighted by Crippen LogP contribution is 2.42. The zero-order valence-corrected chi connectivity index (χ0v) is 18.2. The molecule has 0 saturated carbocycles. The fourth-order valence-electron chi connectivity index (χ4n) is 3.99. The number of halogens is 1. The number of benzene rings is 2. The van der Waals surface area contributed by atoms with Crippen molar-refractivity contribution in [2.45, 2.75) is 12.6 Å². The summed E-state index contributed by atoms with van der Waals surface area (Å²) in [4.78, 5) is 27.5. The van der Waals surface area contributed by atoms with Crippen LogP contribution in [0.15, 0.2) is 64.8 Å². The Hall–Kier alpha value is -3.91. The first kappa shape index (κ1) is 21.0. The lowest BCUT2D eigenvalue weighted by molar-refractivity contribution is -0.140. The lowest BCUT2D eigenvalue weighted by Crippen LogP contribution is -2.29. The average molecular weight is 468 g/mol. The summed E-state index contributed by atoms with van der Waals surface area (Å²) < 4.78 is 21.4. The summed E-state index contributed by atoms with van der Waals surface area (Å²) in [6, 6.07) is 12.3. The van der Waals surface area contributed by atoms with Crippen molar-refractivity contribution in [3.63, 3.8) is 0 Å². The molecule has 1 aromatic heterocycles. The molecule has 2 aromatic carbocycles. The molecule has 1 atom stereocenters. The largest absolute Gasteiger partial charge is 0.507 e. The number of hydrogen-bond donors (Lipinski definition) is 1. The smallest absolute Gasteiger partial charge is 0.296 e. The Labute approximate surface area is 193 Å². The van der Waals surface area contributed by atoms with Crippen LogP contribution in [0.2, 0.25) is 5.02 Å². The van der Waals surface area contributed by atoms with Crippen LogP contribution in [-0.4, -0.2) is 35.6 Å². The third-order valence-electron chi connectivity index (χ3n) is 5.57. The molecule has 168 valence electrons. The van der Waals surface area contributed by atoms with Gasteiger partial charge in [0.2, 0.25) is 6.79 Å². The molecule has 1 fully saturated rings. The second-order valence-corrected chi connectivity index (χ2v) is 7.89. The van der Waals surface area contributed by atoms with E-state index < -0.39 is 17.7 Å². The van der Waals surface area contributed by atoms with E-state index in [1.807, 2.05) is 0 Å². The highest BCUT2D eigenvalue weighted by atomic mass is 35.5. The monoisotopic (exact) mass is 467 g/mol. The van der Waals surface area contributed by atoms with E-state index in [9.17, 15) is 14.7 Å². The molecule has 9 heteroatoms. The Morgan fingerprint density at radius 2 is 1.97 bits per heavy atom. The predicted octanol–water partition coefficient (Wildman–Crippen LogP) is 4.29. The number of carbonyl (C=O) groups excluding carboxylic acids is 2. The van der Waals surface area contributed by atoms with Gasteiger partial charge in [0, 0.05) is 12.1 Å². The highest BCUT2D eigenvalue weighted by Gasteiger charge is 2.47. The quantitative estimate of drug-likeness (QED) is 0.339. The molecule has 0 radical (unpaired) electrons. The first-order chi connectivity index (χ1) is 16.0. The number of ketones is 1. The number of likely N-dealkylation sites (tertiary alicyclic amines) is 1. The first-order valence-electron chi connectivity index (χ1n) is 10.0. The Balaban J connectivity index is 1.58. The number of aliphatic hydroxyl groups is 1. The Morgan fingerprint density at radius 3 is 2.70 bits per heavy atom. The van der Waals surface area contributed by atoms with Gasteiger partial charge in [0.05, 0.1) is 24.0 Å². The van der Waals surface area contributed by atoms with Gasteiger partial charge in [-0.3, -0.25) is 9.59 Å². The van der Waals surface area contributed by atoms with Crippen molar-refractivity contribution < 1.29 is 33.3 Å². The number of ether oxygens (including phenoxy) is 3. The van der Waals surface area contributed by atoms with Crippen LogP contribution in [0.1, 0.15) is 22.9 Å². The summed E-state index contributed by atoms with van der Waals surface area (Å²) in [5.41, 5.74) is 0.917. The van der Waals surface area contributed by atoms with Gasteiger partial charge in [-0.2, -0.15) is 0 Å². The lowest BCUT2D eigenvalue weighted by atomic mass is 9.99. The fourth-order valence-corrected chi connectivity index (χ4v) is 4.25. The average Bonchev–Trinajstić information content (AvgIpc) is 3.55. The first-order valence-corrected chi connectivity index (χ1v) is 10.4. The van der Waals surface area contributed by atoms with Gasteiger partial charge in [0.15, 0.2) is 11.5 Å². The third-order valence-corrected chi connectivity index (χ3v) is 5.86. The molecule has 33 heavy (non-hydrogen) atoms. The maximum atomic E-state index is 13.1. The molecule has 2 aliphatic heterocycles. The molecule has 2 aliphatic rings. The Bertz CT molecular complexity index is 1280. The molecule has 1 N–H and O–H groups in total. The van der Waals surface area contributed by atoms with E-state index in [2.05, 4.69) is 0 Å². The molecule has 3 heterocycles. The normalized spacial score (nSPS) is 18.7. The van der Waals surface area contributed by atoms with E-state index >= 15 is 0 Å². The summed E-state index contributed by atoms with van der Waals surface area (Å²) >= 11 is 6.20. The van der Waals surface area contributed by atoms with Crippen LogP contribution in [0.4, 0.5) is 0 Å². The summed E-state index contributed by atoms with van der Waals surface area (Å²) in [5, 5.41) is 11.3. The number of aliphatic hydroxyl groups excluding tert-OH is 1.